The number of hydrogen-bond acceptors (Lipinski definition) is 3. The van der Waals surface area contributed by atoms with E-state index in [1.54, 1.807) is 0 Å². The van der Waals surface area contributed by atoms with Crippen LogP contribution >= 0.6 is 0 Å². The van der Waals surface area contributed by atoms with E-state index >= 15 is 0 Å². The first-order valence-electron chi connectivity index (χ1n) is 5.78. The molecular formula is C13H18N2O. The molecule has 3 nitrogen and oxygen atoms in total. The van der Waals surface area contributed by atoms with Crippen LogP contribution in [0.3, 0.4) is 0 Å². The van der Waals surface area contributed by atoms with Gasteiger partial charge in [0.15, 0.2) is 11.5 Å². The summed E-state index contributed by atoms with van der Waals surface area (Å²) in [5, 5.41) is 3.35. The second-order valence-corrected chi connectivity index (χ2v) is 4.24. The first-order chi connectivity index (χ1) is 7.69. The van der Waals surface area contributed by atoms with Crippen LogP contribution < -0.4 is 5.32 Å². The van der Waals surface area contributed by atoms with Crippen molar-refractivity contribution in [3.05, 3.63) is 29.7 Å². The van der Waals surface area contributed by atoms with Crippen molar-refractivity contribution in [2.75, 3.05) is 6.54 Å². The van der Waals surface area contributed by atoms with E-state index in [1.807, 2.05) is 12.1 Å². The van der Waals surface area contributed by atoms with Crippen molar-refractivity contribution in [3.8, 4) is 0 Å². The number of nitrogens with one attached hydrogen (secondary N) is 1. The Morgan fingerprint density at radius 1 is 1.44 bits per heavy atom. The lowest BCUT2D eigenvalue weighted by molar-refractivity contribution is 0.469. The Hall–Kier alpha value is -1.35. The average molecular weight is 218 g/mol. The van der Waals surface area contributed by atoms with Crippen LogP contribution in [-0.2, 0) is 6.42 Å². The quantitative estimate of drug-likeness (QED) is 0.857. The average Bonchev–Trinajstić information content (AvgIpc) is 2.59. The summed E-state index contributed by atoms with van der Waals surface area (Å²) >= 11 is 0. The lowest BCUT2D eigenvalue weighted by Gasteiger charge is -2.08. The third-order valence-electron chi connectivity index (χ3n) is 2.62. The molecule has 0 aliphatic carbocycles. The third kappa shape index (κ3) is 2.42. The number of hydrogen-bond donors (Lipinski definition) is 1. The molecule has 0 aliphatic rings. The highest BCUT2D eigenvalue weighted by Gasteiger charge is 2.09. The molecule has 1 N–H and O–H groups in total. The highest BCUT2D eigenvalue weighted by molar-refractivity contribution is 5.73. The number of fused-ring (bicyclic) bond motifs is 1. The molecular weight excluding hydrogens is 200 g/mol. The number of rotatable bonds is 4. The third-order valence-corrected chi connectivity index (χ3v) is 2.62. The first-order valence-corrected chi connectivity index (χ1v) is 5.78. The summed E-state index contributed by atoms with van der Waals surface area (Å²) in [6, 6.07) is 6.50. The highest BCUT2D eigenvalue weighted by Crippen LogP contribution is 2.17. The van der Waals surface area contributed by atoms with Gasteiger partial charge in [0.25, 0.3) is 0 Å². The number of aromatic nitrogens is 1. The fourth-order valence-electron chi connectivity index (χ4n) is 1.85. The maximum absolute atomic E-state index is 5.71. The van der Waals surface area contributed by atoms with Gasteiger partial charge < -0.3 is 9.73 Å². The molecule has 16 heavy (non-hydrogen) atoms. The summed E-state index contributed by atoms with van der Waals surface area (Å²) in [6.07, 6.45) is 0.835. The number of likely N-dealkylation sites (N-methyl/N-ethyl adjacent to an activating group) is 1. The molecule has 1 aromatic carbocycles. The fraction of sp³-hybridized carbons (Fsp3) is 0.462. The van der Waals surface area contributed by atoms with Crippen molar-refractivity contribution in [1.29, 1.82) is 0 Å². The molecule has 0 radical (unpaired) electrons. The minimum Gasteiger partial charge on any atom is -0.441 e. The lowest BCUT2D eigenvalue weighted by atomic mass is 10.2. The van der Waals surface area contributed by atoms with Crippen LogP contribution in [0.25, 0.3) is 11.1 Å². The van der Waals surface area contributed by atoms with Crippen LogP contribution in [0, 0.1) is 6.92 Å². The van der Waals surface area contributed by atoms with Gasteiger partial charge in [0.1, 0.15) is 5.52 Å². The molecule has 1 aromatic heterocycles. The summed E-state index contributed by atoms with van der Waals surface area (Å²) in [7, 11) is 0. The van der Waals surface area contributed by atoms with E-state index in [0.29, 0.717) is 6.04 Å². The van der Waals surface area contributed by atoms with E-state index in [2.05, 4.69) is 37.1 Å². The zero-order chi connectivity index (χ0) is 11.5. The fourth-order valence-corrected chi connectivity index (χ4v) is 1.85. The molecule has 1 unspecified atom stereocenters. The van der Waals surface area contributed by atoms with Crippen molar-refractivity contribution in [3.63, 3.8) is 0 Å². The second kappa shape index (κ2) is 4.66. The predicted octanol–water partition coefficient (Wildman–Crippen LogP) is 2.68. The number of benzene rings is 1. The number of aryl methyl sites for hydroxylation is 1. The SMILES string of the molecule is CCNC(C)Cc1nc2ccc(C)cc2o1. The van der Waals surface area contributed by atoms with Crippen LogP contribution in [0.4, 0.5) is 0 Å². The van der Waals surface area contributed by atoms with Crippen LogP contribution in [-0.4, -0.2) is 17.6 Å². The van der Waals surface area contributed by atoms with Gasteiger partial charge in [0, 0.05) is 12.5 Å². The van der Waals surface area contributed by atoms with E-state index in [1.165, 1.54) is 5.56 Å². The normalized spacial score (nSPS) is 13.2. The minimum atomic E-state index is 0.402. The molecule has 0 bridgehead atoms. The summed E-state index contributed by atoms with van der Waals surface area (Å²) in [5.41, 5.74) is 3.04. The molecule has 0 saturated heterocycles. The van der Waals surface area contributed by atoms with E-state index in [9.17, 15) is 0 Å². The molecule has 3 heteroatoms. The molecule has 0 amide bonds. The number of nitrogens with zero attached hydrogens (tertiary/aromatic N) is 1. The van der Waals surface area contributed by atoms with E-state index in [4.69, 9.17) is 4.42 Å². The van der Waals surface area contributed by atoms with Crippen LogP contribution in [0.5, 0.6) is 0 Å². The van der Waals surface area contributed by atoms with Gasteiger partial charge >= 0.3 is 0 Å². The largest absolute Gasteiger partial charge is 0.441 e. The molecule has 0 spiro atoms. The lowest BCUT2D eigenvalue weighted by Crippen LogP contribution is -2.27. The van der Waals surface area contributed by atoms with Gasteiger partial charge in [0.05, 0.1) is 0 Å². The Balaban J connectivity index is 2.19. The van der Waals surface area contributed by atoms with Crippen molar-refractivity contribution in [2.24, 2.45) is 0 Å². The number of oxazole rings is 1. The van der Waals surface area contributed by atoms with Crippen LogP contribution in [0.15, 0.2) is 22.6 Å². The Labute approximate surface area is 95.9 Å². The maximum atomic E-state index is 5.71. The molecule has 0 saturated carbocycles. The van der Waals surface area contributed by atoms with Gasteiger partial charge in [-0.25, -0.2) is 4.98 Å². The predicted molar refractivity (Wildman–Crippen MR) is 65.6 cm³/mol. The highest BCUT2D eigenvalue weighted by atomic mass is 16.3. The van der Waals surface area contributed by atoms with Crippen LogP contribution in [0.1, 0.15) is 25.3 Å². The zero-order valence-electron chi connectivity index (χ0n) is 10.1. The second-order valence-electron chi connectivity index (χ2n) is 4.24. The van der Waals surface area contributed by atoms with E-state index in [-0.39, 0.29) is 0 Å². The monoisotopic (exact) mass is 218 g/mol. The standard InChI is InChI=1S/C13H18N2O/c1-4-14-10(3)8-13-15-11-6-5-9(2)7-12(11)16-13/h5-7,10,14H,4,8H2,1-3H3. The van der Waals surface area contributed by atoms with Gasteiger partial charge in [0.2, 0.25) is 0 Å². The van der Waals surface area contributed by atoms with Crippen molar-refractivity contribution >= 4 is 11.1 Å². The van der Waals surface area contributed by atoms with E-state index < -0.39 is 0 Å². The Kier molecular flexibility index (Phi) is 3.25. The van der Waals surface area contributed by atoms with Crippen LogP contribution in [0.2, 0.25) is 0 Å². The molecule has 2 rings (SSSR count). The van der Waals surface area contributed by atoms with Crippen molar-refractivity contribution < 1.29 is 4.42 Å². The molecule has 0 fully saturated rings. The van der Waals surface area contributed by atoms with Gasteiger partial charge in [-0.15, -0.1) is 0 Å². The van der Waals surface area contributed by atoms with Gasteiger partial charge in [-0.3, -0.25) is 0 Å². The Morgan fingerprint density at radius 2 is 2.25 bits per heavy atom. The molecule has 2 aromatic rings. The van der Waals surface area contributed by atoms with Gasteiger partial charge in [-0.2, -0.15) is 0 Å². The summed E-state index contributed by atoms with van der Waals surface area (Å²) < 4.78 is 5.71. The summed E-state index contributed by atoms with van der Waals surface area (Å²) in [4.78, 5) is 4.47. The maximum Gasteiger partial charge on any atom is 0.197 e. The first kappa shape index (κ1) is 11.1. The topological polar surface area (TPSA) is 38.1 Å². The molecule has 86 valence electrons. The Morgan fingerprint density at radius 3 is 3.00 bits per heavy atom. The smallest absolute Gasteiger partial charge is 0.197 e. The van der Waals surface area contributed by atoms with Crippen molar-refractivity contribution in [2.45, 2.75) is 33.2 Å². The molecule has 1 atom stereocenters. The summed E-state index contributed by atoms with van der Waals surface area (Å²) in [6.45, 7) is 7.28. The van der Waals surface area contributed by atoms with Gasteiger partial charge in [-0.1, -0.05) is 13.0 Å². The van der Waals surface area contributed by atoms with Crippen molar-refractivity contribution in [1.82, 2.24) is 10.3 Å². The van der Waals surface area contributed by atoms with Gasteiger partial charge in [-0.05, 0) is 38.1 Å². The summed E-state index contributed by atoms with van der Waals surface area (Å²) in [5.74, 6) is 0.814. The molecule has 1 heterocycles. The minimum absolute atomic E-state index is 0.402. The molecule has 0 aliphatic heterocycles. The van der Waals surface area contributed by atoms with E-state index in [0.717, 1.165) is 30.0 Å². The zero-order valence-corrected chi connectivity index (χ0v) is 10.1. The Bertz CT molecular complexity index is 476.